The average Bonchev–Trinajstić information content (AvgIpc) is 2.29. The van der Waals surface area contributed by atoms with Crippen molar-refractivity contribution in [2.24, 2.45) is 0 Å². The van der Waals surface area contributed by atoms with Gasteiger partial charge in [-0.3, -0.25) is 14.7 Å². The summed E-state index contributed by atoms with van der Waals surface area (Å²) in [6.45, 7) is 3.35. The molecule has 0 aliphatic rings. The Balaban J connectivity index is 2.94. The fraction of sp³-hybridized carbons (Fsp3) is 0.375. The predicted molar refractivity (Wildman–Crippen MR) is 44.6 cm³/mol. The van der Waals surface area contributed by atoms with Crippen molar-refractivity contribution in [3.05, 3.63) is 17.0 Å². The standard InChI is InChI=1S/C8H10N2O3/c1-4-8(5(2)10-9-4)6(11)3-7(12)13/h3H2,1-2H3,(H,9,10)(H,12,13). The highest BCUT2D eigenvalue weighted by Gasteiger charge is 2.17. The molecule has 0 aliphatic heterocycles. The fourth-order valence-corrected chi connectivity index (χ4v) is 1.19. The molecule has 1 aromatic heterocycles. The molecule has 70 valence electrons. The van der Waals surface area contributed by atoms with Crippen LogP contribution in [0.1, 0.15) is 28.2 Å². The second-order valence-corrected chi connectivity index (χ2v) is 2.80. The van der Waals surface area contributed by atoms with Crippen LogP contribution >= 0.6 is 0 Å². The normalized spacial score (nSPS) is 10.0. The highest BCUT2D eigenvalue weighted by atomic mass is 16.4. The lowest BCUT2D eigenvalue weighted by Crippen LogP contribution is -2.08. The minimum atomic E-state index is -1.12. The van der Waals surface area contributed by atoms with Crippen molar-refractivity contribution in [1.82, 2.24) is 10.2 Å². The molecule has 13 heavy (non-hydrogen) atoms. The summed E-state index contributed by atoms with van der Waals surface area (Å²) in [5, 5.41) is 14.8. The summed E-state index contributed by atoms with van der Waals surface area (Å²) in [5.74, 6) is -1.53. The van der Waals surface area contributed by atoms with E-state index in [1.54, 1.807) is 13.8 Å². The lowest BCUT2D eigenvalue weighted by Gasteiger charge is -1.96. The Labute approximate surface area is 74.8 Å². The van der Waals surface area contributed by atoms with Crippen LogP contribution in [0.4, 0.5) is 0 Å². The van der Waals surface area contributed by atoms with Gasteiger partial charge in [-0.2, -0.15) is 5.10 Å². The molecule has 0 amide bonds. The molecule has 2 N–H and O–H groups in total. The summed E-state index contributed by atoms with van der Waals surface area (Å²) in [6, 6.07) is 0. The Hall–Kier alpha value is -1.65. The SMILES string of the molecule is Cc1n[nH]c(C)c1C(=O)CC(=O)O. The van der Waals surface area contributed by atoms with Crippen LogP contribution in [0.5, 0.6) is 0 Å². The van der Waals surface area contributed by atoms with Gasteiger partial charge in [-0.15, -0.1) is 0 Å². The summed E-state index contributed by atoms with van der Waals surface area (Å²) in [6.07, 6.45) is -0.485. The first-order valence-corrected chi connectivity index (χ1v) is 3.79. The first-order valence-electron chi connectivity index (χ1n) is 3.79. The third kappa shape index (κ3) is 1.93. The van der Waals surface area contributed by atoms with E-state index in [1.807, 2.05) is 0 Å². The maximum Gasteiger partial charge on any atom is 0.311 e. The number of Topliss-reactive ketones (excluding diaryl/α,β-unsaturated/α-hetero) is 1. The first-order chi connectivity index (χ1) is 6.02. The van der Waals surface area contributed by atoms with Gasteiger partial charge in [-0.1, -0.05) is 0 Å². The number of H-pyrrole nitrogens is 1. The minimum Gasteiger partial charge on any atom is -0.481 e. The van der Waals surface area contributed by atoms with Crippen LogP contribution < -0.4 is 0 Å². The van der Waals surface area contributed by atoms with Crippen molar-refractivity contribution < 1.29 is 14.7 Å². The van der Waals surface area contributed by atoms with Crippen LogP contribution in [0.25, 0.3) is 0 Å². The first kappa shape index (κ1) is 9.44. The molecular weight excluding hydrogens is 172 g/mol. The lowest BCUT2D eigenvalue weighted by molar-refractivity contribution is -0.135. The van der Waals surface area contributed by atoms with E-state index in [4.69, 9.17) is 5.11 Å². The molecule has 1 rings (SSSR count). The molecule has 1 aromatic rings. The fourth-order valence-electron chi connectivity index (χ4n) is 1.19. The van der Waals surface area contributed by atoms with Gasteiger partial charge >= 0.3 is 5.97 Å². The van der Waals surface area contributed by atoms with E-state index >= 15 is 0 Å². The highest BCUT2D eigenvalue weighted by Crippen LogP contribution is 2.11. The largest absolute Gasteiger partial charge is 0.481 e. The highest BCUT2D eigenvalue weighted by molar-refractivity contribution is 6.06. The van der Waals surface area contributed by atoms with Gasteiger partial charge < -0.3 is 5.11 Å². The molecular formula is C8H10N2O3. The monoisotopic (exact) mass is 182 g/mol. The molecule has 0 spiro atoms. The molecule has 0 aliphatic carbocycles. The number of carbonyl (C=O) groups excluding carboxylic acids is 1. The Morgan fingerprint density at radius 1 is 1.46 bits per heavy atom. The van der Waals surface area contributed by atoms with Crippen molar-refractivity contribution in [3.8, 4) is 0 Å². The van der Waals surface area contributed by atoms with Gasteiger partial charge in [0.2, 0.25) is 0 Å². The molecule has 0 saturated heterocycles. The molecule has 5 heteroatoms. The van der Waals surface area contributed by atoms with Gasteiger partial charge in [-0.25, -0.2) is 0 Å². The smallest absolute Gasteiger partial charge is 0.311 e. The number of carboxylic acids is 1. The molecule has 1 heterocycles. The third-order valence-electron chi connectivity index (χ3n) is 1.72. The molecule has 0 atom stereocenters. The lowest BCUT2D eigenvalue weighted by atomic mass is 10.1. The molecule has 0 unspecified atom stereocenters. The second-order valence-electron chi connectivity index (χ2n) is 2.80. The van der Waals surface area contributed by atoms with E-state index in [2.05, 4.69) is 10.2 Å². The average molecular weight is 182 g/mol. The Morgan fingerprint density at radius 2 is 2.08 bits per heavy atom. The number of ketones is 1. The van der Waals surface area contributed by atoms with Crippen LogP contribution in [0.15, 0.2) is 0 Å². The number of aromatic amines is 1. The van der Waals surface area contributed by atoms with Gasteiger partial charge in [0, 0.05) is 5.69 Å². The van der Waals surface area contributed by atoms with Gasteiger partial charge in [0.15, 0.2) is 5.78 Å². The zero-order valence-electron chi connectivity index (χ0n) is 7.42. The summed E-state index contributed by atoms with van der Waals surface area (Å²) >= 11 is 0. The van der Waals surface area contributed by atoms with E-state index in [0.29, 0.717) is 17.0 Å². The van der Waals surface area contributed by atoms with Crippen molar-refractivity contribution in [2.75, 3.05) is 0 Å². The quantitative estimate of drug-likeness (QED) is 0.532. The zero-order chi connectivity index (χ0) is 10.0. The Bertz CT molecular complexity index is 335. The van der Waals surface area contributed by atoms with Crippen molar-refractivity contribution in [3.63, 3.8) is 0 Å². The van der Waals surface area contributed by atoms with Crippen molar-refractivity contribution in [2.45, 2.75) is 20.3 Å². The Morgan fingerprint density at radius 3 is 2.46 bits per heavy atom. The van der Waals surface area contributed by atoms with E-state index in [0.717, 1.165) is 0 Å². The van der Waals surface area contributed by atoms with Crippen LogP contribution in [-0.2, 0) is 4.79 Å². The van der Waals surface area contributed by atoms with Gasteiger partial charge in [0.05, 0.1) is 11.3 Å². The number of hydrogen-bond acceptors (Lipinski definition) is 3. The maximum atomic E-state index is 11.3. The van der Waals surface area contributed by atoms with E-state index in [9.17, 15) is 9.59 Å². The number of carboxylic acid groups (broad SMARTS) is 1. The second kappa shape index (κ2) is 3.38. The predicted octanol–water partition coefficient (Wildman–Crippen LogP) is 0.684. The number of nitrogens with zero attached hydrogens (tertiary/aromatic N) is 1. The number of aliphatic carboxylic acids is 1. The molecule has 0 saturated carbocycles. The van der Waals surface area contributed by atoms with E-state index < -0.39 is 18.2 Å². The van der Waals surface area contributed by atoms with Gasteiger partial charge in [0.25, 0.3) is 0 Å². The number of aryl methyl sites for hydroxylation is 2. The maximum absolute atomic E-state index is 11.3. The summed E-state index contributed by atoms with van der Waals surface area (Å²) in [4.78, 5) is 21.6. The minimum absolute atomic E-state index is 0.391. The topological polar surface area (TPSA) is 83.0 Å². The number of aromatic nitrogens is 2. The molecule has 0 aromatic carbocycles. The molecule has 0 fully saturated rings. The number of hydrogen-bond donors (Lipinski definition) is 2. The van der Waals surface area contributed by atoms with E-state index in [1.165, 1.54) is 0 Å². The summed E-state index contributed by atoms with van der Waals surface area (Å²) in [5.41, 5.74) is 1.55. The van der Waals surface area contributed by atoms with E-state index in [-0.39, 0.29) is 0 Å². The third-order valence-corrected chi connectivity index (χ3v) is 1.72. The molecule has 5 nitrogen and oxygen atoms in total. The summed E-state index contributed by atoms with van der Waals surface area (Å²) < 4.78 is 0. The van der Waals surface area contributed by atoms with Gasteiger partial charge in [-0.05, 0) is 13.8 Å². The molecule has 0 radical (unpaired) electrons. The van der Waals surface area contributed by atoms with Gasteiger partial charge in [0.1, 0.15) is 6.42 Å². The summed E-state index contributed by atoms with van der Waals surface area (Å²) in [7, 11) is 0. The van der Waals surface area contributed by atoms with Crippen molar-refractivity contribution in [1.29, 1.82) is 0 Å². The number of rotatable bonds is 3. The van der Waals surface area contributed by atoms with Crippen LogP contribution in [0.2, 0.25) is 0 Å². The number of nitrogens with one attached hydrogen (secondary N) is 1. The van der Waals surface area contributed by atoms with Crippen LogP contribution in [-0.4, -0.2) is 27.1 Å². The van der Waals surface area contributed by atoms with Crippen LogP contribution in [0.3, 0.4) is 0 Å². The van der Waals surface area contributed by atoms with Crippen molar-refractivity contribution >= 4 is 11.8 Å². The zero-order valence-corrected chi connectivity index (χ0v) is 7.42. The number of carbonyl (C=O) groups is 2. The van der Waals surface area contributed by atoms with Crippen LogP contribution in [0, 0.1) is 13.8 Å². The Kier molecular flexibility index (Phi) is 2.46. The molecule has 0 bridgehead atoms.